The summed E-state index contributed by atoms with van der Waals surface area (Å²) in [5, 5.41) is 0.865. The van der Waals surface area contributed by atoms with Crippen LogP contribution in [0.25, 0.3) is 0 Å². The summed E-state index contributed by atoms with van der Waals surface area (Å²) in [6, 6.07) is 8.17. The molecule has 2 rings (SSSR count). The van der Waals surface area contributed by atoms with Gasteiger partial charge in [-0.2, -0.15) is 0 Å². The molecule has 0 aliphatic heterocycles. The molecule has 1 saturated carbocycles. The lowest BCUT2D eigenvalue weighted by atomic mass is 10.1. The molecule has 1 aromatic carbocycles. The van der Waals surface area contributed by atoms with E-state index >= 15 is 0 Å². The molecule has 0 radical (unpaired) electrons. The standard InChI is InChI=1S/C9H9Cl.CHClO/c10-9-3-1-2-8(6-9)7-4-5-7;2-1-3/h1-3,6-7H,4-5H2;1H. The normalized spacial score (nSPS) is 14.3. The van der Waals surface area contributed by atoms with E-state index in [0.717, 1.165) is 10.9 Å². The molecule has 1 nitrogen and oxygen atoms in total. The van der Waals surface area contributed by atoms with E-state index in [2.05, 4.69) is 23.7 Å². The van der Waals surface area contributed by atoms with Crippen LogP contribution in [0.2, 0.25) is 5.02 Å². The van der Waals surface area contributed by atoms with Crippen LogP contribution in [-0.4, -0.2) is 5.75 Å². The van der Waals surface area contributed by atoms with Gasteiger partial charge in [-0.05, 0) is 48.1 Å². The van der Waals surface area contributed by atoms with Crippen LogP contribution in [0.4, 0.5) is 0 Å². The van der Waals surface area contributed by atoms with E-state index in [0.29, 0.717) is 0 Å². The lowest BCUT2D eigenvalue weighted by Gasteiger charge is -1.95. The highest BCUT2D eigenvalue weighted by molar-refractivity contribution is 6.54. The van der Waals surface area contributed by atoms with Crippen molar-refractivity contribution < 1.29 is 4.79 Å². The Morgan fingerprint density at radius 1 is 1.38 bits per heavy atom. The molecular formula is C10H10Cl2O. The van der Waals surface area contributed by atoms with Crippen molar-refractivity contribution in [3.05, 3.63) is 34.9 Å². The fourth-order valence-corrected chi connectivity index (χ4v) is 1.38. The lowest BCUT2D eigenvalue weighted by molar-refractivity contribution is 0.569. The average Bonchev–Trinajstić information content (AvgIpc) is 2.87. The minimum Gasteiger partial charge on any atom is -0.285 e. The molecule has 0 unspecified atom stereocenters. The number of carbonyl (C=O) groups is 1. The predicted octanol–water partition coefficient (Wildman–Crippen LogP) is 3.63. The van der Waals surface area contributed by atoms with Crippen LogP contribution in [0.15, 0.2) is 24.3 Å². The monoisotopic (exact) mass is 216 g/mol. The molecule has 1 fully saturated rings. The molecule has 3 heteroatoms. The van der Waals surface area contributed by atoms with Crippen LogP contribution in [-0.2, 0) is 4.79 Å². The SMILES string of the molecule is Clc1cccc(C2CC2)c1.O=CCl. The molecule has 0 amide bonds. The van der Waals surface area contributed by atoms with Crippen molar-refractivity contribution in [2.45, 2.75) is 18.8 Å². The summed E-state index contributed by atoms with van der Waals surface area (Å²) in [6.07, 6.45) is 2.70. The first-order valence-corrected chi connectivity index (χ1v) is 4.88. The van der Waals surface area contributed by atoms with Gasteiger partial charge in [0.2, 0.25) is 5.75 Å². The van der Waals surface area contributed by atoms with Gasteiger partial charge in [-0.15, -0.1) is 0 Å². The molecule has 1 aliphatic rings. The van der Waals surface area contributed by atoms with Gasteiger partial charge in [-0.25, -0.2) is 0 Å². The Balaban J connectivity index is 0.000000251. The Labute approximate surface area is 87.7 Å². The summed E-state index contributed by atoms with van der Waals surface area (Å²) in [4.78, 5) is 8.57. The van der Waals surface area contributed by atoms with Crippen LogP contribution >= 0.6 is 23.2 Å². The van der Waals surface area contributed by atoms with Gasteiger partial charge in [-0.3, -0.25) is 4.79 Å². The van der Waals surface area contributed by atoms with Crippen LogP contribution in [0.1, 0.15) is 24.3 Å². The maximum absolute atomic E-state index is 8.57. The molecule has 0 bridgehead atoms. The molecule has 0 N–H and O–H groups in total. The number of halogens is 2. The molecule has 0 heterocycles. The van der Waals surface area contributed by atoms with Gasteiger partial charge in [0.25, 0.3) is 0 Å². The Hall–Kier alpha value is -0.530. The highest BCUT2D eigenvalue weighted by Gasteiger charge is 2.22. The second-order valence-corrected chi connectivity index (χ2v) is 3.53. The summed E-state index contributed by atoms with van der Waals surface area (Å²) < 4.78 is 0. The second-order valence-electron chi connectivity index (χ2n) is 2.92. The molecule has 70 valence electrons. The van der Waals surface area contributed by atoms with Gasteiger partial charge in [0.05, 0.1) is 0 Å². The maximum atomic E-state index is 8.57. The number of carbonyl (C=O) groups excluding carboxylic acids is 1. The zero-order valence-corrected chi connectivity index (χ0v) is 8.55. The summed E-state index contributed by atoms with van der Waals surface area (Å²) in [5.74, 6) is 1.04. The van der Waals surface area contributed by atoms with Gasteiger partial charge >= 0.3 is 0 Å². The highest BCUT2D eigenvalue weighted by atomic mass is 35.5. The van der Waals surface area contributed by atoms with Crippen LogP contribution in [0, 0.1) is 0 Å². The van der Waals surface area contributed by atoms with Crippen molar-refractivity contribution in [2.75, 3.05) is 0 Å². The number of hydrogen-bond acceptors (Lipinski definition) is 1. The van der Waals surface area contributed by atoms with Crippen molar-refractivity contribution in [1.29, 1.82) is 0 Å². The van der Waals surface area contributed by atoms with Gasteiger partial charge in [0.1, 0.15) is 0 Å². The Kier molecular flexibility index (Phi) is 4.26. The van der Waals surface area contributed by atoms with E-state index < -0.39 is 0 Å². The molecule has 1 aromatic rings. The van der Waals surface area contributed by atoms with Crippen molar-refractivity contribution in [3.63, 3.8) is 0 Å². The van der Waals surface area contributed by atoms with Crippen molar-refractivity contribution in [1.82, 2.24) is 0 Å². The molecule has 13 heavy (non-hydrogen) atoms. The number of rotatable bonds is 1. The minimum atomic E-state index is 0.222. The third-order valence-electron chi connectivity index (χ3n) is 1.90. The largest absolute Gasteiger partial charge is 0.285 e. The van der Waals surface area contributed by atoms with Gasteiger partial charge in [0, 0.05) is 5.02 Å². The summed E-state index contributed by atoms with van der Waals surface area (Å²) in [6.45, 7) is 0. The fraction of sp³-hybridized carbons (Fsp3) is 0.300. The first kappa shape index (κ1) is 10.6. The molecular weight excluding hydrogens is 207 g/mol. The summed E-state index contributed by atoms with van der Waals surface area (Å²) in [7, 11) is 0. The maximum Gasteiger partial charge on any atom is 0.208 e. The van der Waals surface area contributed by atoms with E-state index in [1.807, 2.05) is 12.1 Å². The topological polar surface area (TPSA) is 17.1 Å². The summed E-state index contributed by atoms with van der Waals surface area (Å²) >= 11 is 10.1. The predicted molar refractivity (Wildman–Crippen MR) is 56.0 cm³/mol. The van der Waals surface area contributed by atoms with E-state index in [9.17, 15) is 0 Å². The highest BCUT2D eigenvalue weighted by Crippen LogP contribution is 2.40. The van der Waals surface area contributed by atoms with Crippen molar-refractivity contribution >= 4 is 28.9 Å². The second kappa shape index (κ2) is 5.25. The molecule has 0 saturated heterocycles. The quantitative estimate of drug-likeness (QED) is 0.518. The average molecular weight is 217 g/mol. The number of benzene rings is 1. The van der Waals surface area contributed by atoms with Crippen molar-refractivity contribution in [3.8, 4) is 0 Å². The van der Waals surface area contributed by atoms with Crippen LogP contribution in [0.5, 0.6) is 0 Å². The third-order valence-corrected chi connectivity index (χ3v) is 2.13. The molecule has 0 aromatic heterocycles. The molecule has 1 aliphatic carbocycles. The minimum absolute atomic E-state index is 0.222. The Morgan fingerprint density at radius 2 is 2.00 bits per heavy atom. The van der Waals surface area contributed by atoms with Gasteiger partial charge < -0.3 is 0 Å². The van der Waals surface area contributed by atoms with Crippen molar-refractivity contribution in [2.24, 2.45) is 0 Å². The third kappa shape index (κ3) is 3.79. The summed E-state index contributed by atoms with van der Waals surface area (Å²) in [5.41, 5.74) is 1.41. The van der Waals surface area contributed by atoms with Gasteiger partial charge in [0.15, 0.2) is 0 Å². The first-order chi connectivity index (χ1) is 6.27. The smallest absolute Gasteiger partial charge is 0.208 e. The lowest BCUT2D eigenvalue weighted by Crippen LogP contribution is -1.75. The zero-order chi connectivity index (χ0) is 9.68. The molecule has 0 atom stereocenters. The Bertz CT molecular complexity index is 282. The van der Waals surface area contributed by atoms with E-state index in [-0.39, 0.29) is 5.75 Å². The first-order valence-electron chi connectivity index (χ1n) is 4.07. The Morgan fingerprint density at radius 3 is 2.46 bits per heavy atom. The molecule has 0 spiro atoms. The van der Waals surface area contributed by atoms with Gasteiger partial charge in [-0.1, -0.05) is 23.7 Å². The van der Waals surface area contributed by atoms with E-state index in [1.165, 1.54) is 18.4 Å². The number of hydrogen-bond donors (Lipinski definition) is 0. The van der Waals surface area contributed by atoms with E-state index in [4.69, 9.17) is 16.4 Å². The van der Waals surface area contributed by atoms with Crippen LogP contribution < -0.4 is 0 Å². The fourth-order valence-electron chi connectivity index (χ4n) is 1.18. The zero-order valence-electron chi connectivity index (χ0n) is 7.04. The van der Waals surface area contributed by atoms with E-state index in [1.54, 1.807) is 0 Å². The van der Waals surface area contributed by atoms with Crippen LogP contribution in [0.3, 0.4) is 0 Å².